The monoisotopic (exact) mass is 395 g/mol. The zero-order valence-electron chi connectivity index (χ0n) is 14.6. The number of hydrogen-bond acceptors (Lipinski definition) is 4. The molecule has 1 unspecified atom stereocenters. The molecule has 27 heavy (non-hydrogen) atoms. The van der Waals surface area contributed by atoms with Gasteiger partial charge in [-0.05, 0) is 36.3 Å². The van der Waals surface area contributed by atoms with Crippen LogP contribution in [0.1, 0.15) is 42.0 Å². The molecule has 1 N–H and O–H groups in total. The van der Waals surface area contributed by atoms with Crippen molar-refractivity contribution < 1.29 is 18.0 Å². The number of carbonyl (C=O) groups excluding carboxylic acids is 1. The van der Waals surface area contributed by atoms with Crippen molar-refractivity contribution in [1.82, 2.24) is 10.3 Å². The third kappa shape index (κ3) is 4.43. The Morgan fingerprint density at radius 2 is 1.96 bits per heavy atom. The molecule has 2 heterocycles. The second-order valence-electron chi connectivity index (χ2n) is 7.20. The summed E-state index contributed by atoms with van der Waals surface area (Å²) in [6.45, 7) is 1.07. The van der Waals surface area contributed by atoms with Gasteiger partial charge < -0.3 is 10.2 Å². The first-order chi connectivity index (χ1) is 12.9. The van der Waals surface area contributed by atoms with Gasteiger partial charge in [0.05, 0.1) is 6.42 Å². The highest BCUT2D eigenvalue weighted by Crippen LogP contribution is 2.40. The molecule has 4 nitrogen and oxygen atoms in total. The summed E-state index contributed by atoms with van der Waals surface area (Å²) in [5.41, 5.74) is 1.46. The van der Waals surface area contributed by atoms with Crippen LogP contribution in [0.4, 0.5) is 18.3 Å². The first-order valence-electron chi connectivity index (χ1n) is 9.04. The summed E-state index contributed by atoms with van der Waals surface area (Å²) >= 11 is 0.988. The van der Waals surface area contributed by atoms with Crippen LogP contribution >= 0.6 is 11.3 Å². The van der Waals surface area contributed by atoms with Gasteiger partial charge in [0.25, 0.3) is 0 Å². The second-order valence-corrected chi connectivity index (χ2v) is 8.04. The van der Waals surface area contributed by atoms with E-state index in [-0.39, 0.29) is 11.9 Å². The normalized spacial score (nSPS) is 20.1. The molecule has 1 aromatic heterocycles. The van der Waals surface area contributed by atoms with Crippen molar-refractivity contribution in [3.63, 3.8) is 0 Å². The fourth-order valence-corrected chi connectivity index (χ4v) is 4.25. The van der Waals surface area contributed by atoms with Crippen molar-refractivity contribution in [2.24, 2.45) is 0 Å². The quantitative estimate of drug-likeness (QED) is 0.833. The Morgan fingerprint density at radius 1 is 1.22 bits per heavy atom. The highest BCUT2D eigenvalue weighted by molar-refractivity contribution is 7.13. The van der Waals surface area contributed by atoms with Crippen molar-refractivity contribution in [2.75, 3.05) is 18.0 Å². The molecule has 2 aromatic rings. The molecule has 2 aliphatic rings. The maximum Gasteiger partial charge on any atom is 0.434 e. The maximum atomic E-state index is 12.7. The van der Waals surface area contributed by atoms with E-state index in [4.69, 9.17) is 0 Å². The van der Waals surface area contributed by atoms with E-state index in [9.17, 15) is 18.0 Å². The number of thiazole rings is 1. The van der Waals surface area contributed by atoms with Crippen LogP contribution in [0.2, 0.25) is 0 Å². The minimum absolute atomic E-state index is 0.0591. The standard InChI is InChI=1S/C19H20F3N3OS/c20-19(21,22)16-11-27-18(24-16)25-8-7-15(10-25)23-17(26)9-12-1-3-13(4-2-12)14-5-6-14/h1-4,11,14-15H,5-10H2,(H,23,26). The molecule has 1 aliphatic heterocycles. The lowest BCUT2D eigenvalue weighted by molar-refractivity contribution is -0.140. The van der Waals surface area contributed by atoms with Gasteiger partial charge in [-0.25, -0.2) is 4.98 Å². The van der Waals surface area contributed by atoms with E-state index in [0.717, 1.165) is 22.3 Å². The highest BCUT2D eigenvalue weighted by Gasteiger charge is 2.35. The third-order valence-corrected chi connectivity index (χ3v) is 5.90. The smallest absolute Gasteiger partial charge is 0.351 e. The van der Waals surface area contributed by atoms with Crippen molar-refractivity contribution in [1.29, 1.82) is 0 Å². The molecule has 0 spiro atoms. The molecule has 1 aromatic carbocycles. The van der Waals surface area contributed by atoms with Crippen molar-refractivity contribution in [3.05, 3.63) is 46.5 Å². The fraction of sp³-hybridized carbons (Fsp3) is 0.474. The first-order valence-corrected chi connectivity index (χ1v) is 9.92. The van der Waals surface area contributed by atoms with Crippen LogP contribution in [0.15, 0.2) is 29.6 Å². The number of nitrogens with one attached hydrogen (secondary N) is 1. The molecule has 1 saturated heterocycles. The largest absolute Gasteiger partial charge is 0.434 e. The Labute approximate surface area is 159 Å². The number of anilines is 1. The number of carbonyl (C=O) groups is 1. The zero-order valence-corrected chi connectivity index (χ0v) is 15.4. The molecular weight excluding hydrogens is 375 g/mol. The van der Waals surface area contributed by atoms with E-state index in [2.05, 4.69) is 22.4 Å². The SMILES string of the molecule is O=C(Cc1ccc(C2CC2)cc1)NC1CCN(c2nc(C(F)(F)F)cs2)C1. The van der Waals surface area contributed by atoms with Gasteiger partial charge in [-0.3, -0.25) is 4.79 Å². The van der Waals surface area contributed by atoms with E-state index in [1.807, 2.05) is 12.1 Å². The van der Waals surface area contributed by atoms with Gasteiger partial charge in [0.2, 0.25) is 5.91 Å². The Bertz CT molecular complexity index is 814. The van der Waals surface area contributed by atoms with Crippen LogP contribution < -0.4 is 10.2 Å². The number of alkyl halides is 3. The van der Waals surface area contributed by atoms with Crippen LogP contribution in [0, 0.1) is 0 Å². The first kappa shape index (κ1) is 18.3. The van der Waals surface area contributed by atoms with E-state index < -0.39 is 11.9 Å². The summed E-state index contributed by atoms with van der Waals surface area (Å²) in [7, 11) is 0. The third-order valence-electron chi connectivity index (χ3n) is 5.00. The van der Waals surface area contributed by atoms with Crippen LogP contribution in [-0.2, 0) is 17.4 Å². The van der Waals surface area contributed by atoms with Gasteiger partial charge in [-0.2, -0.15) is 13.2 Å². The molecular formula is C19H20F3N3OS. The summed E-state index contributed by atoms with van der Waals surface area (Å²) in [6, 6.07) is 8.13. The molecule has 1 atom stereocenters. The molecule has 4 rings (SSSR count). The van der Waals surface area contributed by atoms with Crippen molar-refractivity contribution >= 4 is 22.4 Å². The molecule has 144 valence electrons. The van der Waals surface area contributed by atoms with Crippen molar-refractivity contribution in [2.45, 2.75) is 43.8 Å². The number of rotatable bonds is 5. The Balaban J connectivity index is 1.28. The Morgan fingerprint density at radius 3 is 2.59 bits per heavy atom. The lowest BCUT2D eigenvalue weighted by atomic mass is 10.1. The van der Waals surface area contributed by atoms with Gasteiger partial charge in [-0.15, -0.1) is 11.3 Å². The van der Waals surface area contributed by atoms with Crippen LogP contribution in [0.25, 0.3) is 0 Å². The molecule has 0 bridgehead atoms. The minimum atomic E-state index is -4.42. The number of amides is 1. The Kier molecular flexibility index (Phi) is 4.84. The topological polar surface area (TPSA) is 45.2 Å². The molecule has 1 saturated carbocycles. The lowest BCUT2D eigenvalue weighted by Crippen LogP contribution is -2.38. The van der Waals surface area contributed by atoms with Crippen LogP contribution in [-0.4, -0.2) is 30.0 Å². The van der Waals surface area contributed by atoms with E-state index in [1.165, 1.54) is 18.4 Å². The fourth-order valence-electron chi connectivity index (χ4n) is 3.38. The zero-order chi connectivity index (χ0) is 19.0. The molecule has 1 aliphatic carbocycles. The van der Waals surface area contributed by atoms with Crippen molar-refractivity contribution in [3.8, 4) is 0 Å². The van der Waals surface area contributed by atoms with Gasteiger partial charge in [0.15, 0.2) is 10.8 Å². The Hall–Kier alpha value is -2.09. The van der Waals surface area contributed by atoms with E-state index in [1.54, 1.807) is 4.90 Å². The highest BCUT2D eigenvalue weighted by atomic mass is 32.1. The number of hydrogen-bond donors (Lipinski definition) is 1. The average Bonchev–Trinajstić information content (AvgIpc) is 3.14. The second kappa shape index (κ2) is 7.14. The van der Waals surface area contributed by atoms with Gasteiger partial charge in [0, 0.05) is 24.5 Å². The van der Waals surface area contributed by atoms with E-state index >= 15 is 0 Å². The molecule has 0 radical (unpaired) electrons. The van der Waals surface area contributed by atoms with Gasteiger partial charge in [0.1, 0.15) is 0 Å². The average molecular weight is 395 g/mol. The number of halogens is 3. The summed E-state index contributed by atoms with van der Waals surface area (Å²) < 4.78 is 38.1. The number of benzene rings is 1. The summed E-state index contributed by atoms with van der Waals surface area (Å²) in [4.78, 5) is 17.8. The molecule has 8 heteroatoms. The minimum Gasteiger partial charge on any atom is -0.351 e. The summed E-state index contributed by atoms with van der Waals surface area (Å²) in [5.74, 6) is 0.636. The molecule has 1 amide bonds. The predicted molar refractivity (Wildman–Crippen MR) is 98.0 cm³/mol. The van der Waals surface area contributed by atoms with E-state index in [0.29, 0.717) is 37.0 Å². The predicted octanol–water partition coefficient (Wildman–Crippen LogP) is 3.98. The summed E-state index contributed by atoms with van der Waals surface area (Å²) in [5, 5.41) is 4.38. The number of aromatic nitrogens is 1. The molecule has 2 fully saturated rings. The summed E-state index contributed by atoms with van der Waals surface area (Å²) in [6.07, 6.45) is -0.898. The van der Waals surface area contributed by atoms with Crippen LogP contribution in [0.5, 0.6) is 0 Å². The van der Waals surface area contributed by atoms with Crippen LogP contribution in [0.3, 0.4) is 0 Å². The maximum absolute atomic E-state index is 12.7. The van der Waals surface area contributed by atoms with Gasteiger partial charge >= 0.3 is 6.18 Å². The van der Waals surface area contributed by atoms with Gasteiger partial charge in [-0.1, -0.05) is 24.3 Å². The lowest BCUT2D eigenvalue weighted by Gasteiger charge is -2.16. The number of nitrogens with zero attached hydrogens (tertiary/aromatic N) is 2.